The normalized spacial score (nSPS) is 14.2. The van der Waals surface area contributed by atoms with Crippen molar-refractivity contribution in [1.82, 2.24) is 0 Å². The Labute approximate surface area is 310 Å². The number of hydrogen-bond acceptors (Lipinski definition) is 9. The highest BCUT2D eigenvalue weighted by Crippen LogP contribution is 2.43. The molecule has 0 rings (SSSR count). The van der Waals surface area contributed by atoms with E-state index in [1.165, 1.54) is 77.0 Å². The summed E-state index contributed by atoms with van der Waals surface area (Å²) in [5, 5.41) is 18.3. The van der Waals surface area contributed by atoms with Gasteiger partial charge < -0.3 is 24.6 Å². The number of allylic oxidation sites excluding steroid dienone is 4. The molecule has 0 saturated heterocycles. The number of hydrogen-bond donors (Lipinski definition) is 3. The molecule has 3 N–H and O–H groups in total. The second-order valence-electron chi connectivity index (χ2n) is 13.7. The molecule has 0 aliphatic heterocycles. The molecule has 3 atom stereocenters. The van der Waals surface area contributed by atoms with Crippen LogP contribution in [0.4, 0.5) is 0 Å². The van der Waals surface area contributed by atoms with Crippen molar-refractivity contribution in [2.45, 2.75) is 193 Å². The largest absolute Gasteiger partial charge is 0.472 e. The zero-order valence-corrected chi connectivity index (χ0v) is 33.2. The lowest BCUT2D eigenvalue weighted by Crippen LogP contribution is -2.29. The second-order valence-corrected chi connectivity index (χ2v) is 15.1. The lowest BCUT2D eigenvalue weighted by atomic mass is 10.1. The lowest BCUT2D eigenvalue weighted by molar-refractivity contribution is -0.161. The van der Waals surface area contributed by atoms with Crippen LogP contribution in [-0.2, 0) is 32.7 Å². The van der Waals surface area contributed by atoms with E-state index in [-0.39, 0.29) is 19.4 Å². The maximum Gasteiger partial charge on any atom is 0.472 e. The fourth-order valence-corrected chi connectivity index (χ4v) is 6.17. The van der Waals surface area contributed by atoms with Crippen LogP contribution in [0.5, 0.6) is 0 Å². The van der Waals surface area contributed by atoms with Crippen LogP contribution in [0.2, 0.25) is 0 Å². The van der Waals surface area contributed by atoms with E-state index in [2.05, 4.69) is 42.7 Å². The highest BCUT2D eigenvalue weighted by molar-refractivity contribution is 7.47. The maximum atomic E-state index is 12.5. The van der Waals surface area contributed by atoms with Crippen LogP contribution in [0, 0.1) is 0 Å². The van der Waals surface area contributed by atoms with E-state index in [9.17, 15) is 24.2 Å². The molecule has 10 nitrogen and oxygen atoms in total. The second kappa shape index (κ2) is 36.8. The minimum atomic E-state index is -4.61. The molecule has 0 radical (unpaired) electrons. The van der Waals surface area contributed by atoms with Crippen molar-refractivity contribution in [1.29, 1.82) is 0 Å². The molecule has 0 aliphatic rings. The van der Waals surface area contributed by atoms with Crippen LogP contribution >= 0.6 is 7.82 Å². The summed E-state index contributed by atoms with van der Waals surface area (Å²) in [6.07, 6.45) is 34.3. The smallest absolute Gasteiger partial charge is 0.462 e. The summed E-state index contributed by atoms with van der Waals surface area (Å²) in [5.41, 5.74) is 0. The van der Waals surface area contributed by atoms with Gasteiger partial charge in [-0.05, 0) is 57.8 Å². The molecule has 51 heavy (non-hydrogen) atoms. The SMILES string of the molecule is CCCC/C=C/CCCCCCCC(=O)O[C@@H](COC(=O)CCCCCCCCC/C=C/CCCCCCCC)COP(=O)(O)OC[C@H](O)CO. The van der Waals surface area contributed by atoms with Gasteiger partial charge in [-0.25, -0.2) is 4.57 Å². The number of esters is 2. The van der Waals surface area contributed by atoms with Crippen molar-refractivity contribution in [3.05, 3.63) is 24.3 Å². The van der Waals surface area contributed by atoms with Crippen molar-refractivity contribution in [2.75, 3.05) is 26.4 Å². The Bertz CT molecular complexity index is 910. The van der Waals surface area contributed by atoms with Gasteiger partial charge in [0.25, 0.3) is 0 Å². The van der Waals surface area contributed by atoms with E-state index in [1.54, 1.807) is 0 Å². The minimum absolute atomic E-state index is 0.174. The van der Waals surface area contributed by atoms with E-state index in [0.29, 0.717) is 12.8 Å². The van der Waals surface area contributed by atoms with E-state index < -0.39 is 51.8 Å². The van der Waals surface area contributed by atoms with Crippen LogP contribution in [0.25, 0.3) is 0 Å². The minimum Gasteiger partial charge on any atom is -0.462 e. The zero-order chi connectivity index (χ0) is 37.7. The molecule has 0 aromatic heterocycles. The summed E-state index contributed by atoms with van der Waals surface area (Å²) in [6.45, 7) is 2.32. The third-order valence-corrected chi connectivity index (χ3v) is 9.53. The molecule has 0 amide bonds. The number of ether oxygens (including phenoxy) is 2. The molecular weight excluding hydrogens is 671 g/mol. The van der Waals surface area contributed by atoms with Crippen LogP contribution in [0.3, 0.4) is 0 Å². The first kappa shape index (κ1) is 49.5. The summed E-state index contributed by atoms with van der Waals surface area (Å²) in [5.74, 6) is -0.939. The Hall–Kier alpha value is -1.55. The van der Waals surface area contributed by atoms with Gasteiger partial charge in [0.05, 0.1) is 19.8 Å². The third-order valence-electron chi connectivity index (χ3n) is 8.58. The summed E-state index contributed by atoms with van der Waals surface area (Å²) < 4.78 is 32.6. The number of phosphoric acid groups is 1. The van der Waals surface area contributed by atoms with Gasteiger partial charge in [0, 0.05) is 12.8 Å². The predicted octanol–water partition coefficient (Wildman–Crippen LogP) is 10.2. The Morgan fingerprint density at radius 2 is 0.980 bits per heavy atom. The van der Waals surface area contributed by atoms with Crippen molar-refractivity contribution < 1.29 is 47.8 Å². The maximum absolute atomic E-state index is 12.5. The molecule has 0 aliphatic carbocycles. The molecule has 0 aromatic rings. The molecule has 300 valence electrons. The topological polar surface area (TPSA) is 149 Å². The number of rotatable bonds is 38. The Morgan fingerprint density at radius 1 is 0.569 bits per heavy atom. The van der Waals surface area contributed by atoms with Crippen molar-refractivity contribution in [2.24, 2.45) is 0 Å². The van der Waals surface area contributed by atoms with Crippen molar-refractivity contribution >= 4 is 19.8 Å². The molecule has 0 spiro atoms. The Morgan fingerprint density at radius 3 is 1.47 bits per heavy atom. The molecule has 0 saturated carbocycles. The van der Waals surface area contributed by atoms with Crippen LogP contribution in [-0.4, -0.2) is 65.7 Å². The highest BCUT2D eigenvalue weighted by Gasteiger charge is 2.27. The van der Waals surface area contributed by atoms with Crippen molar-refractivity contribution in [3.8, 4) is 0 Å². The zero-order valence-electron chi connectivity index (χ0n) is 32.3. The monoisotopic (exact) mass is 747 g/mol. The predicted molar refractivity (Wildman–Crippen MR) is 205 cm³/mol. The molecular formula is C40H75O10P. The summed E-state index contributed by atoms with van der Waals surface area (Å²) in [6, 6.07) is 0. The van der Waals surface area contributed by atoms with Gasteiger partial charge >= 0.3 is 19.8 Å². The van der Waals surface area contributed by atoms with Crippen molar-refractivity contribution in [3.63, 3.8) is 0 Å². The molecule has 0 heterocycles. The molecule has 1 unspecified atom stereocenters. The average molecular weight is 747 g/mol. The van der Waals surface area contributed by atoms with Gasteiger partial charge in [-0.2, -0.15) is 0 Å². The summed E-state index contributed by atoms with van der Waals surface area (Å²) >= 11 is 0. The summed E-state index contributed by atoms with van der Waals surface area (Å²) in [7, 11) is -4.61. The van der Waals surface area contributed by atoms with E-state index in [0.717, 1.165) is 64.2 Å². The van der Waals surface area contributed by atoms with E-state index >= 15 is 0 Å². The van der Waals surface area contributed by atoms with Gasteiger partial charge in [0.2, 0.25) is 0 Å². The molecule has 0 aromatic carbocycles. The summed E-state index contributed by atoms with van der Waals surface area (Å²) in [4.78, 5) is 34.8. The van der Waals surface area contributed by atoms with Gasteiger partial charge in [-0.1, -0.05) is 134 Å². The average Bonchev–Trinajstić information content (AvgIpc) is 3.12. The van der Waals surface area contributed by atoms with Gasteiger partial charge in [-0.3, -0.25) is 18.6 Å². The van der Waals surface area contributed by atoms with Gasteiger partial charge in [0.1, 0.15) is 12.7 Å². The van der Waals surface area contributed by atoms with E-state index in [4.69, 9.17) is 19.1 Å². The molecule has 0 fully saturated rings. The number of aliphatic hydroxyl groups excluding tert-OH is 2. The fourth-order valence-electron chi connectivity index (χ4n) is 5.38. The lowest BCUT2D eigenvalue weighted by Gasteiger charge is -2.20. The van der Waals surface area contributed by atoms with Gasteiger partial charge in [0.15, 0.2) is 6.10 Å². The number of aliphatic hydroxyl groups is 2. The molecule has 11 heteroatoms. The fraction of sp³-hybridized carbons (Fsp3) is 0.850. The quantitative estimate of drug-likeness (QED) is 0.0241. The van der Waals surface area contributed by atoms with Gasteiger partial charge in [-0.15, -0.1) is 0 Å². The standard InChI is InChI=1S/C40H75O10P/c1-3-5-7-9-11-13-15-16-17-18-19-20-22-23-25-27-29-31-39(43)47-35-38(36-49-51(45,46)48-34-37(42)33-41)50-40(44)32-30-28-26-24-21-14-12-10-8-6-4-2/h10,12,16-17,37-38,41-42H,3-9,11,13-15,18-36H2,1-2H3,(H,45,46)/b12-10+,17-16+/t37-,38+/m1/s1. The van der Waals surface area contributed by atoms with Crippen LogP contribution in [0.1, 0.15) is 181 Å². The van der Waals surface area contributed by atoms with Crippen LogP contribution < -0.4 is 0 Å². The number of phosphoric ester groups is 1. The number of unbranched alkanes of at least 4 members (excludes halogenated alkanes) is 20. The highest BCUT2D eigenvalue weighted by atomic mass is 31.2. The first-order valence-electron chi connectivity index (χ1n) is 20.3. The Balaban J connectivity index is 4.30. The first-order valence-corrected chi connectivity index (χ1v) is 21.8. The number of carbonyl (C=O) groups is 2. The molecule has 0 bridgehead atoms. The number of carbonyl (C=O) groups excluding carboxylic acids is 2. The first-order chi connectivity index (χ1) is 24.7. The Kier molecular flexibility index (Phi) is 35.7. The van der Waals surface area contributed by atoms with Crippen LogP contribution in [0.15, 0.2) is 24.3 Å². The third kappa shape index (κ3) is 36.6. The van der Waals surface area contributed by atoms with E-state index in [1.807, 2.05) is 0 Å².